The molecule has 0 spiro atoms. The Kier molecular flexibility index (Phi) is 5.79. The zero-order chi connectivity index (χ0) is 12.8. The average molecular weight is 256 g/mol. The van der Waals surface area contributed by atoms with Crippen molar-refractivity contribution in [3.8, 4) is 5.75 Å². The molecule has 0 amide bonds. The van der Waals surface area contributed by atoms with Crippen LogP contribution in [0.2, 0.25) is 5.02 Å². The summed E-state index contributed by atoms with van der Waals surface area (Å²) >= 11 is 6.20. The maximum Gasteiger partial charge on any atom is 0.138 e. The zero-order valence-corrected chi connectivity index (χ0v) is 11.7. The maximum absolute atomic E-state index is 6.20. The summed E-state index contributed by atoms with van der Waals surface area (Å²) in [7, 11) is 0. The van der Waals surface area contributed by atoms with Crippen LogP contribution < -0.4 is 10.5 Å². The fourth-order valence-corrected chi connectivity index (χ4v) is 1.91. The molecule has 1 aromatic rings. The Bertz CT molecular complexity index is 365. The lowest BCUT2D eigenvalue weighted by atomic mass is 10.00. The average Bonchev–Trinajstić information content (AvgIpc) is 2.31. The molecule has 0 radical (unpaired) electrons. The molecule has 0 heterocycles. The third-order valence-electron chi connectivity index (χ3n) is 2.86. The Hall–Kier alpha value is -0.730. The predicted octanol–water partition coefficient (Wildman–Crippen LogP) is 3.72. The van der Waals surface area contributed by atoms with Gasteiger partial charge in [-0.2, -0.15) is 0 Å². The Morgan fingerprint density at radius 3 is 2.65 bits per heavy atom. The van der Waals surface area contributed by atoms with E-state index >= 15 is 0 Å². The standard InChI is InChI=1S/C14H22ClNO/c1-4-6-17-14-7-10(3)11(9-13(14)15)8-12(16)5-2/h7,9,12H,4-6,8,16H2,1-3H3. The summed E-state index contributed by atoms with van der Waals surface area (Å²) in [6.45, 7) is 6.95. The second-order valence-corrected chi connectivity index (χ2v) is 4.84. The van der Waals surface area contributed by atoms with Crippen LogP contribution in [0.5, 0.6) is 5.75 Å². The van der Waals surface area contributed by atoms with Crippen molar-refractivity contribution in [2.75, 3.05) is 6.61 Å². The van der Waals surface area contributed by atoms with Gasteiger partial charge in [-0.3, -0.25) is 0 Å². The molecule has 1 rings (SSSR count). The number of hydrogen-bond acceptors (Lipinski definition) is 2. The molecular weight excluding hydrogens is 234 g/mol. The summed E-state index contributed by atoms with van der Waals surface area (Å²) in [5.74, 6) is 0.778. The van der Waals surface area contributed by atoms with Gasteiger partial charge in [-0.15, -0.1) is 0 Å². The fourth-order valence-electron chi connectivity index (χ4n) is 1.67. The minimum absolute atomic E-state index is 0.201. The Labute approximate surface area is 109 Å². The fraction of sp³-hybridized carbons (Fsp3) is 0.571. The first-order valence-electron chi connectivity index (χ1n) is 6.25. The summed E-state index contributed by atoms with van der Waals surface area (Å²) < 4.78 is 5.59. The van der Waals surface area contributed by atoms with Gasteiger partial charge in [0.2, 0.25) is 0 Å². The SMILES string of the molecule is CCCOc1cc(C)c(CC(N)CC)cc1Cl. The molecule has 2 nitrogen and oxygen atoms in total. The summed E-state index contributed by atoms with van der Waals surface area (Å²) in [6.07, 6.45) is 2.83. The van der Waals surface area contributed by atoms with Gasteiger partial charge in [-0.05, 0) is 49.4 Å². The molecule has 0 aliphatic carbocycles. The van der Waals surface area contributed by atoms with Gasteiger partial charge in [0.05, 0.1) is 11.6 Å². The van der Waals surface area contributed by atoms with Crippen molar-refractivity contribution in [3.05, 3.63) is 28.3 Å². The molecule has 3 heteroatoms. The van der Waals surface area contributed by atoms with Crippen LogP contribution in [0.1, 0.15) is 37.8 Å². The molecule has 96 valence electrons. The lowest BCUT2D eigenvalue weighted by molar-refractivity contribution is 0.317. The highest BCUT2D eigenvalue weighted by atomic mass is 35.5. The van der Waals surface area contributed by atoms with Crippen molar-refractivity contribution in [2.45, 2.75) is 46.1 Å². The molecule has 0 aromatic heterocycles. The minimum Gasteiger partial charge on any atom is -0.492 e. The minimum atomic E-state index is 0.201. The van der Waals surface area contributed by atoms with Crippen molar-refractivity contribution >= 4 is 11.6 Å². The Morgan fingerprint density at radius 2 is 2.06 bits per heavy atom. The number of ether oxygens (including phenoxy) is 1. The van der Waals surface area contributed by atoms with E-state index in [-0.39, 0.29) is 6.04 Å². The smallest absolute Gasteiger partial charge is 0.138 e. The summed E-state index contributed by atoms with van der Waals surface area (Å²) in [5, 5.41) is 0.683. The van der Waals surface area contributed by atoms with E-state index in [1.165, 1.54) is 11.1 Å². The van der Waals surface area contributed by atoms with Crippen LogP contribution in [0, 0.1) is 6.92 Å². The second-order valence-electron chi connectivity index (χ2n) is 4.43. The van der Waals surface area contributed by atoms with E-state index in [1.54, 1.807) is 0 Å². The van der Waals surface area contributed by atoms with Crippen LogP contribution >= 0.6 is 11.6 Å². The van der Waals surface area contributed by atoms with E-state index in [4.69, 9.17) is 22.1 Å². The summed E-state index contributed by atoms with van der Waals surface area (Å²) in [6, 6.07) is 4.19. The second kappa shape index (κ2) is 6.87. The number of aryl methyl sites for hydroxylation is 1. The van der Waals surface area contributed by atoms with Gasteiger partial charge in [0.1, 0.15) is 5.75 Å². The largest absolute Gasteiger partial charge is 0.492 e. The van der Waals surface area contributed by atoms with E-state index in [2.05, 4.69) is 20.8 Å². The van der Waals surface area contributed by atoms with E-state index in [9.17, 15) is 0 Å². The van der Waals surface area contributed by atoms with Crippen molar-refractivity contribution in [2.24, 2.45) is 5.73 Å². The molecular formula is C14H22ClNO. The molecule has 0 saturated carbocycles. The van der Waals surface area contributed by atoms with Gasteiger partial charge < -0.3 is 10.5 Å². The molecule has 2 N–H and O–H groups in total. The first-order chi connectivity index (χ1) is 8.08. The Balaban J connectivity index is 2.85. The maximum atomic E-state index is 6.20. The molecule has 1 aromatic carbocycles. The highest BCUT2D eigenvalue weighted by Crippen LogP contribution is 2.29. The van der Waals surface area contributed by atoms with Gasteiger partial charge in [-0.25, -0.2) is 0 Å². The highest BCUT2D eigenvalue weighted by Gasteiger charge is 2.09. The molecule has 0 fully saturated rings. The highest BCUT2D eigenvalue weighted by molar-refractivity contribution is 6.32. The number of halogens is 1. The van der Waals surface area contributed by atoms with Crippen LogP contribution in [0.3, 0.4) is 0 Å². The summed E-state index contributed by atoms with van der Waals surface area (Å²) in [4.78, 5) is 0. The third-order valence-corrected chi connectivity index (χ3v) is 3.15. The van der Waals surface area contributed by atoms with Gasteiger partial charge in [0, 0.05) is 6.04 Å². The molecule has 0 aliphatic rings. The van der Waals surface area contributed by atoms with Crippen LogP contribution in [0.15, 0.2) is 12.1 Å². The molecule has 17 heavy (non-hydrogen) atoms. The van der Waals surface area contributed by atoms with E-state index in [0.29, 0.717) is 11.6 Å². The van der Waals surface area contributed by atoms with Crippen LogP contribution in [0.4, 0.5) is 0 Å². The molecule has 0 saturated heterocycles. The van der Waals surface area contributed by atoms with Crippen molar-refractivity contribution in [1.82, 2.24) is 0 Å². The van der Waals surface area contributed by atoms with Crippen LogP contribution in [-0.4, -0.2) is 12.6 Å². The van der Waals surface area contributed by atoms with Crippen molar-refractivity contribution < 1.29 is 4.74 Å². The Morgan fingerprint density at radius 1 is 1.35 bits per heavy atom. The third kappa shape index (κ3) is 4.21. The number of rotatable bonds is 6. The van der Waals surface area contributed by atoms with E-state index in [0.717, 1.165) is 25.0 Å². The van der Waals surface area contributed by atoms with Gasteiger partial charge in [-0.1, -0.05) is 25.4 Å². The lowest BCUT2D eigenvalue weighted by Crippen LogP contribution is -2.21. The van der Waals surface area contributed by atoms with Crippen molar-refractivity contribution in [1.29, 1.82) is 0 Å². The summed E-state index contributed by atoms with van der Waals surface area (Å²) in [5.41, 5.74) is 8.38. The van der Waals surface area contributed by atoms with E-state index in [1.807, 2.05) is 12.1 Å². The lowest BCUT2D eigenvalue weighted by Gasteiger charge is -2.14. The zero-order valence-electron chi connectivity index (χ0n) is 10.9. The van der Waals surface area contributed by atoms with Gasteiger partial charge in [0.25, 0.3) is 0 Å². The van der Waals surface area contributed by atoms with Crippen LogP contribution in [0.25, 0.3) is 0 Å². The normalized spacial score (nSPS) is 12.5. The van der Waals surface area contributed by atoms with Gasteiger partial charge >= 0.3 is 0 Å². The topological polar surface area (TPSA) is 35.2 Å². The number of benzene rings is 1. The van der Waals surface area contributed by atoms with Gasteiger partial charge in [0.15, 0.2) is 0 Å². The number of hydrogen-bond donors (Lipinski definition) is 1. The monoisotopic (exact) mass is 255 g/mol. The molecule has 0 aliphatic heterocycles. The first kappa shape index (κ1) is 14.3. The van der Waals surface area contributed by atoms with Crippen LogP contribution in [-0.2, 0) is 6.42 Å². The number of nitrogens with two attached hydrogens (primary N) is 1. The first-order valence-corrected chi connectivity index (χ1v) is 6.63. The molecule has 1 unspecified atom stereocenters. The van der Waals surface area contributed by atoms with E-state index < -0.39 is 0 Å². The van der Waals surface area contributed by atoms with Crippen molar-refractivity contribution in [3.63, 3.8) is 0 Å². The molecule has 0 bridgehead atoms. The molecule has 1 atom stereocenters. The quantitative estimate of drug-likeness (QED) is 0.841. The predicted molar refractivity (Wildman–Crippen MR) is 73.9 cm³/mol.